The van der Waals surface area contributed by atoms with Crippen LogP contribution in [0.25, 0.3) is 0 Å². The van der Waals surface area contributed by atoms with Gasteiger partial charge in [0.05, 0.1) is 10.7 Å². The van der Waals surface area contributed by atoms with Crippen LogP contribution in [0.15, 0.2) is 48.8 Å². The van der Waals surface area contributed by atoms with E-state index in [1.807, 2.05) is 36.4 Å². The first-order chi connectivity index (χ1) is 7.77. The Morgan fingerprint density at radius 2 is 1.81 bits per heavy atom. The second-order valence-electron chi connectivity index (χ2n) is 3.17. The summed E-state index contributed by atoms with van der Waals surface area (Å²) in [6.07, 6.45) is 3.41. The zero-order valence-corrected chi connectivity index (χ0v) is 9.92. The number of thiocarbonyl (C=S) groups is 1. The van der Waals surface area contributed by atoms with Crippen molar-refractivity contribution in [2.75, 3.05) is 5.32 Å². The Morgan fingerprint density at radius 3 is 2.50 bits per heavy atom. The zero-order chi connectivity index (χ0) is 11.4. The van der Waals surface area contributed by atoms with E-state index >= 15 is 0 Å². The van der Waals surface area contributed by atoms with E-state index < -0.39 is 0 Å². The monoisotopic (exact) mass is 248 g/mol. The summed E-state index contributed by atoms with van der Waals surface area (Å²) in [4.78, 5) is 4.57. The minimum atomic E-state index is 0.635. The summed E-state index contributed by atoms with van der Waals surface area (Å²) in [5.41, 5.74) is 1.73. The van der Waals surface area contributed by atoms with E-state index in [1.165, 1.54) is 0 Å². The molecule has 2 nitrogen and oxygen atoms in total. The van der Waals surface area contributed by atoms with E-state index in [4.69, 9.17) is 23.8 Å². The number of rotatable bonds is 2. The van der Waals surface area contributed by atoms with Crippen LogP contribution in [-0.2, 0) is 0 Å². The number of hydrogen-bond donors (Lipinski definition) is 1. The molecule has 0 amide bonds. The Bertz CT molecular complexity index is 499. The van der Waals surface area contributed by atoms with Crippen molar-refractivity contribution < 1.29 is 0 Å². The standard InChI is InChI=1S/C12H9ClN2S/c13-10-3-1-2-4-11(10)15-12(16)9-5-7-14-8-6-9/h1-8H,(H,15,16). The Labute approximate surface area is 104 Å². The van der Waals surface area contributed by atoms with Gasteiger partial charge in [0, 0.05) is 18.0 Å². The van der Waals surface area contributed by atoms with Crippen molar-refractivity contribution >= 4 is 34.5 Å². The topological polar surface area (TPSA) is 24.9 Å². The number of para-hydroxylation sites is 1. The molecule has 0 aliphatic carbocycles. The molecule has 0 bridgehead atoms. The molecule has 0 saturated carbocycles. The molecule has 4 heteroatoms. The highest BCUT2D eigenvalue weighted by Gasteiger charge is 2.03. The molecule has 0 radical (unpaired) electrons. The molecule has 0 aliphatic heterocycles. The second-order valence-corrected chi connectivity index (χ2v) is 3.99. The Morgan fingerprint density at radius 1 is 1.12 bits per heavy atom. The molecule has 80 valence electrons. The maximum Gasteiger partial charge on any atom is 0.111 e. The molecule has 0 aliphatic rings. The number of pyridine rings is 1. The molecule has 2 rings (SSSR count). The van der Waals surface area contributed by atoms with Crippen LogP contribution >= 0.6 is 23.8 Å². The van der Waals surface area contributed by atoms with Crippen LogP contribution in [0.4, 0.5) is 5.69 Å². The molecular weight excluding hydrogens is 240 g/mol. The third-order valence-corrected chi connectivity index (χ3v) is 2.73. The average molecular weight is 249 g/mol. The lowest BCUT2D eigenvalue weighted by molar-refractivity contribution is 1.32. The smallest absolute Gasteiger partial charge is 0.111 e. The Hall–Kier alpha value is -1.45. The predicted molar refractivity (Wildman–Crippen MR) is 71.0 cm³/mol. The Balaban J connectivity index is 2.18. The molecule has 1 aromatic carbocycles. The summed E-state index contributed by atoms with van der Waals surface area (Å²) in [5, 5.41) is 3.75. The zero-order valence-electron chi connectivity index (χ0n) is 8.35. The molecular formula is C12H9ClN2S. The number of nitrogens with one attached hydrogen (secondary N) is 1. The molecule has 1 heterocycles. The molecule has 0 unspecified atom stereocenters. The minimum Gasteiger partial charge on any atom is -0.345 e. The summed E-state index contributed by atoms with van der Waals surface area (Å²) in [6.45, 7) is 0. The van der Waals surface area contributed by atoms with Crippen LogP contribution in [0, 0.1) is 0 Å². The molecule has 0 fully saturated rings. The SMILES string of the molecule is S=C(Nc1ccccc1Cl)c1ccncc1. The molecule has 16 heavy (non-hydrogen) atoms. The van der Waals surface area contributed by atoms with Crippen LogP contribution < -0.4 is 5.32 Å². The average Bonchev–Trinajstić information content (AvgIpc) is 2.33. The van der Waals surface area contributed by atoms with Gasteiger partial charge in [-0.05, 0) is 24.3 Å². The summed E-state index contributed by atoms with van der Waals surface area (Å²) >= 11 is 11.3. The number of benzene rings is 1. The van der Waals surface area contributed by atoms with Gasteiger partial charge < -0.3 is 5.32 Å². The third kappa shape index (κ3) is 2.56. The van der Waals surface area contributed by atoms with E-state index in [0.29, 0.717) is 10.0 Å². The number of hydrogen-bond acceptors (Lipinski definition) is 2. The van der Waals surface area contributed by atoms with Crippen molar-refractivity contribution in [1.29, 1.82) is 0 Å². The number of aromatic nitrogens is 1. The highest BCUT2D eigenvalue weighted by Crippen LogP contribution is 2.21. The van der Waals surface area contributed by atoms with E-state index in [0.717, 1.165) is 11.3 Å². The van der Waals surface area contributed by atoms with Crippen molar-refractivity contribution in [1.82, 2.24) is 4.98 Å². The minimum absolute atomic E-state index is 0.635. The summed E-state index contributed by atoms with van der Waals surface area (Å²) in [7, 11) is 0. The molecule has 1 aromatic heterocycles. The number of nitrogens with zero attached hydrogens (tertiary/aromatic N) is 1. The van der Waals surface area contributed by atoms with Gasteiger partial charge in [-0.1, -0.05) is 36.0 Å². The van der Waals surface area contributed by atoms with Gasteiger partial charge in [0.25, 0.3) is 0 Å². The first kappa shape index (κ1) is 11.0. The van der Waals surface area contributed by atoms with Crippen molar-refractivity contribution in [3.8, 4) is 0 Å². The first-order valence-corrected chi connectivity index (χ1v) is 5.52. The van der Waals surface area contributed by atoms with Gasteiger partial charge in [0.15, 0.2) is 0 Å². The molecule has 0 spiro atoms. The largest absolute Gasteiger partial charge is 0.345 e. The van der Waals surface area contributed by atoms with Crippen LogP contribution in [0.1, 0.15) is 5.56 Å². The van der Waals surface area contributed by atoms with Gasteiger partial charge >= 0.3 is 0 Å². The van der Waals surface area contributed by atoms with Crippen LogP contribution in [0.3, 0.4) is 0 Å². The van der Waals surface area contributed by atoms with Gasteiger partial charge in [0.1, 0.15) is 4.99 Å². The summed E-state index contributed by atoms with van der Waals surface area (Å²) < 4.78 is 0. The second kappa shape index (κ2) is 5.05. The fourth-order valence-electron chi connectivity index (χ4n) is 1.26. The van der Waals surface area contributed by atoms with E-state index in [2.05, 4.69) is 10.3 Å². The van der Waals surface area contributed by atoms with Gasteiger partial charge in [0.2, 0.25) is 0 Å². The van der Waals surface area contributed by atoms with Crippen molar-refractivity contribution in [3.63, 3.8) is 0 Å². The highest BCUT2D eigenvalue weighted by molar-refractivity contribution is 7.81. The van der Waals surface area contributed by atoms with Gasteiger partial charge in [-0.25, -0.2) is 0 Å². The van der Waals surface area contributed by atoms with E-state index in [-0.39, 0.29) is 0 Å². The fourth-order valence-corrected chi connectivity index (χ4v) is 1.69. The van der Waals surface area contributed by atoms with Crippen molar-refractivity contribution in [2.24, 2.45) is 0 Å². The van der Waals surface area contributed by atoms with Crippen LogP contribution in [0.5, 0.6) is 0 Å². The van der Waals surface area contributed by atoms with Crippen molar-refractivity contribution in [3.05, 3.63) is 59.4 Å². The van der Waals surface area contributed by atoms with Gasteiger partial charge in [-0.2, -0.15) is 0 Å². The van der Waals surface area contributed by atoms with Gasteiger partial charge in [-0.3, -0.25) is 4.98 Å². The van der Waals surface area contributed by atoms with Crippen LogP contribution in [0.2, 0.25) is 5.02 Å². The fraction of sp³-hybridized carbons (Fsp3) is 0. The summed E-state index contributed by atoms with van der Waals surface area (Å²) in [5.74, 6) is 0. The normalized spacial score (nSPS) is 9.81. The molecule has 1 N–H and O–H groups in total. The first-order valence-electron chi connectivity index (χ1n) is 4.73. The highest BCUT2D eigenvalue weighted by atomic mass is 35.5. The lowest BCUT2D eigenvalue weighted by Crippen LogP contribution is -2.10. The maximum atomic E-state index is 6.02. The lowest BCUT2D eigenvalue weighted by atomic mass is 10.2. The van der Waals surface area contributed by atoms with Crippen molar-refractivity contribution in [2.45, 2.75) is 0 Å². The maximum absolute atomic E-state index is 6.02. The number of anilines is 1. The van der Waals surface area contributed by atoms with E-state index in [9.17, 15) is 0 Å². The predicted octanol–water partition coefficient (Wildman–Crippen LogP) is 3.52. The molecule has 2 aromatic rings. The number of halogens is 1. The van der Waals surface area contributed by atoms with Gasteiger partial charge in [-0.15, -0.1) is 0 Å². The quantitative estimate of drug-likeness (QED) is 0.824. The van der Waals surface area contributed by atoms with Crippen LogP contribution in [-0.4, -0.2) is 9.97 Å². The third-order valence-electron chi connectivity index (χ3n) is 2.06. The lowest BCUT2D eigenvalue weighted by Gasteiger charge is -2.08. The molecule has 0 atom stereocenters. The molecule has 0 saturated heterocycles. The summed E-state index contributed by atoms with van der Waals surface area (Å²) in [6, 6.07) is 11.2. The Kier molecular flexibility index (Phi) is 3.49. The van der Waals surface area contributed by atoms with E-state index in [1.54, 1.807) is 12.4 Å².